The van der Waals surface area contributed by atoms with Gasteiger partial charge in [-0.1, -0.05) is 6.07 Å². The van der Waals surface area contributed by atoms with Gasteiger partial charge in [0, 0.05) is 18.1 Å². The maximum absolute atomic E-state index is 5.87. The van der Waals surface area contributed by atoms with Gasteiger partial charge in [-0.25, -0.2) is 0 Å². The Balaban J connectivity index is 1.80. The molecule has 1 aliphatic heterocycles. The lowest BCUT2D eigenvalue weighted by Crippen LogP contribution is -2.08. The van der Waals surface area contributed by atoms with E-state index in [1.165, 1.54) is 18.4 Å². The Bertz CT molecular complexity index is 364. The maximum Gasteiger partial charge on any atom is 0.141 e. The number of nitrogens with two attached hydrogens (primary N) is 1. The minimum absolute atomic E-state index is 0.454. The molecule has 0 spiro atoms. The number of ether oxygens (including phenoxy) is 2. The first-order chi connectivity index (χ1) is 8.29. The first-order valence-corrected chi connectivity index (χ1v) is 7.07. The van der Waals surface area contributed by atoms with Crippen LogP contribution in [0, 0.1) is 0 Å². The van der Waals surface area contributed by atoms with Crippen LogP contribution in [0.15, 0.2) is 18.2 Å². The molecule has 1 heterocycles. The van der Waals surface area contributed by atoms with Crippen molar-refractivity contribution in [1.82, 2.24) is 0 Å². The van der Waals surface area contributed by atoms with Crippen molar-refractivity contribution in [3.05, 3.63) is 23.8 Å². The van der Waals surface area contributed by atoms with Crippen LogP contribution < -0.4 is 10.5 Å². The number of hydrogen-bond donors (Lipinski definition) is 1. The van der Waals surface area contributed by atoms with E-state index in [0.717, 1.165) is 23.9 Å². The second-order valence-electron chi connectivity index (χ2n) is 4.23. The Hall–Kier alpha value is -0.870. The zero-order valence-corrected chi connectivity index (χ0v) is 11.0. The van der Waals surface area contributed by atoms with Crippen LogP contribution in [0.5, 0.6) is 5.75 Å². The molecule has 0 amide bonds. The highest BCUT2D eigenvalue weighted by Gasteiger charge is 2.14. The van der Waals surface area contributed by atoms with Crippen LogP contribution in [0.4, 0.5) is 5.69 Å². The highest BCUT2D eigenvalue weighted by Crippen LogP contribution is 2.25. The van der Waals surface area contributed by atoms with E-state index in [1.54, 1.807) is 7.11 Å². The molecule has 1 atom stereocenters. The second kappa shape index (κ2) is 6.17. The number of thioether (sulfide) groups is 1. The van der Waals surface area contributed by atoms with Crippen molar-refractivity contribution in [2.75, 3.05) is 25.2 Å². The molecular weight excluding hydrogens is 234 g/mol. The fraction of sp³-hybridized carbons (Fsp3) is 0.538. The first kappa shape index (κ1) is 12.6. The fourth-order valence-corrected chi connectivity index (χ4v) is 3.02. The lowest BCUT2D eigenvalue weighted by molar-refractivity contribution is 0.129. The van der Waals surface area contributed by atoms with Crippen molar-refractivity contribution in [2.45, 2.75) is 24.7 Å². The van der Waals surface area contributed by atoms with E-state index in [1.807, 2.05) is 23.9 Å². The highest BCUT2D eigenvalue weighted by molar-refractivity contribution is 7.98. The van der Waals surface area contributed by atoms with E-state index < -0.39 is 0 Å². The van der Waals surface area contributed by atoms with Gasteiger partial charge in [0.1, 0.15) is 5.75 Å². The van der Waals surface area contributed by atoms with Gasteiger partial charge in [-0.05, 0) is 30.5 Å². The molecular formula is C13H19NO2S. The summed E-state index contributed by atoms with van der Waals surface area (Å²) in [7, 11) is 1.64. The first-order valence-electron chi connectivity index (χ1n) is 5.91. The zero-order valence-electron chi connectivity index (χ0n) is 10.1. The number of anilines is 1. The predicted octanol–water partition coefficient (Wildman–Crippen LogP) is 2.69. The molecule has 0 aliphatic carbocycles. The lowest BCUT2D eigenvalue weighted by Gasteiger charge is -2.10. The third-order valence-corrected chi connectivity index (χ3v) is 4.04. The van der Waals surface area contributed by atoms with Crippen molar-refractivity contribution in [2.24, 2.45) is 0 Å². The minimum Gasteiger partial charge on any atom is -0.495 e. The SMILES string of the molecule is COc1ccc(CSCC2CCCO2)cc1N. The van der Waals surface area contributed by atoms with Crippen molar-refractivity contribution >= 4 is 17.4 Å². The molecule has 94 valence electrons. The van der Waals surface area contributed by atoms with Crippen LogP contribution in [0.2, 0.25) is 0 Å². The summed E-state index contributed by atoms with van der Waals surface area (Å²) in [6, 6.07) is 5.98. The Morgan fingerprint density at radius 3 is 3.06 bits per heavy atom. The van der Waals surface area contributed by atoms with Crippen molar-refractivity contribution in [3.8, 4) is 5.75 Å². The number of methoxy groups -OCH3 is 1. The summed E-state index contributed by atoms with van der Waals surface area (Å²) >= 11 is 1.90. The van der Waals surface area contributed by atoms with Gasteiger partial charge in [0.25, 0.3) is 0 Å². The van der Waals surface area contributed by atoms with Crippen LogP contribution >= 0.6 is 11.8 Å². The van der Waals surface area contributed by atoms with E-state index in [4.69, 9.17) is 15.2 Å². The normalized spacial score (nSPS) is 19.5. The van der Waals surface area contributed by atoms with Crippen LogP contribution in [0.25, 0.3) is 0 Å². The van der Waals surface area contributed by atoms with Crippen molar-refractivity contribution in [1.29, 1.82) is 0 Å². The molecule has 1 aliphatic rings. The van der Waals surface area contributed by atoms with E-state index in [9.17, 15) is 0 Å². The van der Waals surface area contributed by atoms with Crippen LogP contribution in [-0.4, -0.2) is 25.6 Å². The Kier molecular flexibility index (Phi) is 4.57. The van der Waals surface area contributed by atoms with Crippen LogP contribution in [0.3, 0.4) is 0 Å². The van der Waals surface area contributed by atoms with E-state index in [2.05, 4.69) is 6.07 Å². The molecule has 0 bridgehead atoms. The van der Waals surface area contributed by atoms with Gasteiger partial charge >= 0.3 is 0 Å². The lowest BCUT2D eigenvalue weighted by atomic mass is 10.2. The summed E-state index contributed by atoms with van der Waals surface area (Å²) in [5, 5.41) is 0. The molecule has 1 aromatic carbocycles. The molecule has 17 heavy (non-hydrogen) atoms. The number of benzene rings is 1. The molecule has 0 aromatic heterocycles. The van der Waals surface area contributed by atoms with Gasteiger partial charge in [0.05, 0.1) is 18.9 Å². The molecule has 1 fully saturated rings. The topological polar surface area (TPSA) is 44.5 Å². The van der Waals surface area contributed by atoms with Crippen molar-refractivity contribution < 1.29 is 9.47 Å². The van der Waals surface area contributed by atoms with Gasteiger partial charge in [-0.2, -0.15) is 11.8 Å². The smallest absolute Gasteiger partial charge is 0.141 e. The average Bonchev–Trinajstić information content (AvgIpc) is 2.82. The zero-order chi connectivity index (χ0) is 12.1. The summed E-state index contributed by atoms with van der Waals surface area (Å²) in [5.41, 5.74) is 7.82. The Labute approximate surface area is 107 Å². The molecule has 0 radical (unpaired) electrons. The predicted molar refractivity (Wildman–Crippen MR) is 72.5 cm³/mol. The van der Waals surface area contributed by atoms with Gasteiger partial charge in [-0.15, -0.1) is 0 Å². The van der Waals surface area contributed by atoms with Gasteiger partial charge in [0.15, 0.2) is 0 Å². The molecule has 2 rings (SSSR count). The molecule has 1 unspecified atom stereocenters. The van der Waals surface area contributed by atoms with Crippen LogP contribution in [0.1, 0.15) is 18.4 Å². The number of nitrogen functional groups attached to an aromatic ring is 1. The molecule has 4 heteroatoms. The minimum atomic E-state index is 0.454. The molecule has 3 nitrogen and oxygen atoms in total. The highest BCUT2D eigenvalue weighted by atomic mass is 32.2. The third kappa shape index (κ3) is 3.54. The number of rotatable bonds is 5. The van der Waals surface area contributed by atoms with Gasteiger partial charge in [-0.3, -0.25) is 0 Å². The summed E-state index contributed by atoms with van der Waals surface area (Å²) in [6.45, 7) is 0.931. The largest absolute Gasteiger partial charge is 0.495 e. The van der Waals surface area contributed by atoms with E-state index in [0.29, 0.717) is 11.8 Å². The summed E-state index contributed by atoms with van der Waals surface area (Å²) < 4.78 is 10.7. The maximum atomic E-state index is 5.87. The quantitative estimate of drug-likeness (QED) is 0.819. The Morgan fingerprint density at radius 1 is 1.53 bits per heavy atom. The van der Waals surface area contributed by atoms with Crippen LogP contribution in [-0.2, 0) is 10.5 Å². The third-order valence-electron chi connectivity index (χ3n) is 2.89. The standard InChI is InChI=1S/C13H19NO2S/c1-15-13-5-4-10(7-12(13)14)8-17-9-11-3-2-6-16-11/h4-5,7,11H,2-3,6,8-9,14H2,1H3. The average molecular weight is 253 g/mol. The van der Waals surface area contributed by atoms with E-state index >= 15 is 0 Å². The molecule has 1 aromatic rings. The van der Waals surface area contributed by atoms with E-state index in [-0.39, 0.29) is 0 Å². The second-order valence-corrected chi connectivity index (χ2v) is 5.26. The van der Waals surface area contributed by atoms with Gasteiger partial charge in [0.2, 0.25) is 0 Å². The summed E-state index contributed by atoms with van der Waals surface area (Å²) in [5.74, 6) is 2.80. The Morgan fingerprint density at radius 2 is 2.41 bits per heavy atom. The fourth-order valence-electron chi connectivity index (χ4n) is 1.96. The molecule has 1 saturated heterocycles. The number of hydrogen-bond acceptors (Lipinski definition) is 4. The molecule has 0 saturated carbocycles. The van der Waals surface area contributed by atoms with Crippen molar-refractivity contribution in [3.63, 3.8) is 0 Å². The summed E-state index contributed by atoms with van der Waals surface area (Å²) in [4.78, 5) is 0. The monoisotopic (exact) mass is 253 g/mol. The van der Waals surface area contributed by atoms with Gasteiger partial charge < -0.3 is 15.2 Å². The molecule has 2 N–H and O–H groups in total. The summed E-state index contributed by atoms with van der Waals surface area (Å²) in [6.07, 6.45) is 2.87.